The monoisotopic (exact) mass is 396 g/mol. The van der Waals surface area contributed by atoms with Gasteiger partial charge in [0.2, 0.25) is 10.0 Å². The Hall–Kier alpha value is -1.60. The van der Waals surface area contributed by atoms with E-state index in [0.717, 1.165) is 30.2 Å². The zero-order valence-corrected chi connectivity index (χ0v) is 18.0. The summed E-state index contributed by atoms with van der Waals surface area (Å²) in [6, 6.07) is 7.56. The molecule has 27 heavy (non-hydrogen) atoms. The molecule has 0 saturated carbocycles. The van der Waals surface area contributed by atoms with Crippen LogP contribution in [0.15, 0.2) is 29.3 Å². The molecule has 6 nitrogen and oxygen atoms in total. The molecule has 0 radical (unpaired) electrons. The number of nitrogens with one attached hydrogen (secondary N) is 3. The Kier molecular flexibility index (Phi) is 11.0. The fourth-order valence-corrected chi connectivity index (χ4v) is 3.50. The molecule has 1 aromatic rings. The van der Waals surface area contributed by atoms with Gasteiger partial charge in [0.25, 0.3) is 0 Å². The first-order chi connectivity index (χ1) is 12.9. The van der Waals surface area contributed by atoms with Crippen molar-refractivity contribution < 1.29 is 8.42 Å². The minimum absolute atomic E-state index is 0.00654. The molecule has 0 saturated heterocycles. The normalized spacial score (nSPS) is 13.4. The number of sulfonamides is 1. The van der Waals surface area contributed by atoms with Crippen LogP contribution < -0.4 is 15.4 Å². The van der Waals surface area contributed by atoms with Crippen LogP contribution in [0.25, 0.3) is 0 Å². The summed E-state index contributed by atoms with van der Waals surface area (Å²) in [5.74, 6) is 1.49. The smallest absolute Gasteiger partial charge is 0.215 e. The number of hydrogen-bond acceptors (Lipinski definition) is 3. The van der Waals surface area contributed by atoms with Gasteiger partial charge in [-0.3, -0.25) is 0 Å². The highest BCUT2D eigenvalue weighted by molar-refractivity contribution is 7.88. The Labute approximate surface area is 165 Å². The van der Waals surface area contributed by atoms with Crippen LogP contribution in [0.4, 0.5) is 0 Å². The van der Waals surface area contributed by atoms with Crippen LogP contribution in [0.1, 0.15) is 57.6 Å². The minimum atomic E-state index is -3.24. The number of benzene rings is 1. The molecular formula is C20H36N4O2S. The summed E-state index contributed by atoms with van der Waals surface area (Å²) in [4.78, 5) is 4.65. The van der Waals surface area contributed by atoms with Crippen LogP contribution in [0.3, 0.4) is 0 Å². The summed E-state index contributed by atoms with van der Waals surface area (Å²) >= 11 is 0. The number of rotatable bonds is 12. The molecule has 154 valence electrons. The number of nitrogens with zero attached hydrogens (tertiary/aromatic N) is 1. The molecule has 0 spiro atoms. The largest absolute Gasteiger partial charge is 0.357 e. The van der Waals surface area contributed by atoms with Gasteiger partial charge in [-0.25, -0.2) is 18.1 Å². The van der Waals surface area contributed by atoms with E-state index in [-0.39, 0.29) is 5.75 Å². The fourth-order valence-electron chi connectivity index (χ4n) is 2.73. The van der Waals surface area contributed by atoms with Gasteiger partial charge in [-0.05, 0) is 37.4 Å². The molecule has 0 amide bonds. The third-order valence-corrected chi connectivity index (χ3v) is 5.89. The van der Waals surface area contributed by atoms with Gasteiger partial charge in [0, 0.05) is 13.1 Å². The molecule has 1 atom stereocenters. The van der Waals surface area contributed by atoms with Crippen LogP contribution in [0, 0.1) is 5.92 Å². The van der Waals surface area contributed by atoms with Crippen molar-refractivity contribution in [3.05, 3.63) is 35.4 Å². The van der Waals surface area contributed by atoms with E-state index in [1.54, 1.807) is 0 Å². The minimum Gasteiger partial charge on any atom is -0.357 e. The number of hydrogen-bond donors (Lipinski definition) is 3. The molecule has 0 aliphatic rings. The quantitative estimate of drug-likeness (QED) is 0.375. The average Bonchev–Trinajstić information content (AvgIpc) is 2.67. The lowest BCUT2D eigenvalue weighted by Gasteiger charge is -2.18. The molecule has 0 aliphatic carbocycles. The summed E-state index contributed by atoms with van der Waals surface area (Å²) < 4.78 is 25.5. The molecule has 0 aliphatic heterocycles. The zero-order chi connectivity index (χ0) is 20.1. The van der Waals surface area contributed by atoms with Gasteiger partial charge in [-0.2, -0.15) is 0 Å². The Morgan fingerprint density at radius 1 is 1.07 bits per heavy atom. The van der Waals surface area contributed by atoms with E-state index in [0.29, 0.717) is 12.5 Å². The number of aliphatic imine (C=N–C) groups is 1. The third-order valence-electron chi connectivity index (χ3n) is 4.56. The van der Waals surface area contributed by atoms with E-state index in [9.17, 15) is 8.42 Å². The fraction of sp³-hybridized carbons (Fsp3) is 0.650. The average molecular weight is 397 g/mol. The van der Waals surface area contributed by atoms with E-state index in [2.05, 4.69) is 41.1 Å². The Balaban J connectivity index is 2.63. The van der Waals surface area contributed by atoms with Gasteiger partial charge in [-0.1, -0.05) is 57.4 Å². The molecular weight excluding hydrogens is 360 g/mol. The maximum Gasteiger partial charge on any atom is 0.215 e. The molecule has 0 aromatic heterocycles. The highest BCUT2D eigenvalue weighted by Gasteiger charge is 2.09. The molecule has 1 rings (SSSR count). The van der Waals surface area contributed by atoms with Crippen LogP contribution in [-0.2, 0) is 22.3 Å². The second-order valence-corrected chi connectivity index (χ2v) is 8.70. The van der Waals surface area contributed by atoms with Gasteiger partial charge in [0.1, 0.15) is 0 Å². The van der Waals surface area contributed by atoms with Crippen molar-refractivity contribution in [3.63, 3.8) is 0 Å². The van der Waals surface area contributed by atoms with Gasteiger partial charge in [0.05, 0.1) is 12.3 Å². The Bertz CT molecular complexity index is 657. The summed E-state index contributed by atoms with van der Waals surface area (Å²) in [5.41, 5.74) is 1.82. The van der Waals surface area contributed by atoms with Gasteiger partial charge < -0.3 is 10.6 Å². The van der Waals surface area contributed by atoms with Crippen molar-refractivity contribution >= 4 is 16.0 Å². The van der Waals surface area contributed by atoms with E-state index < -0.39 is 10.0 Å². The van der Waals surface area contributed by atoms with Gasteiger partial charge >= 0.3 is 0 Å². The van der Waals surface area contributed by atoms with E-state index in [1.165, 1.54) is 32.7 Å². The first-order valence-electron chi connectivity index (χ1n) is 9.95. The predicted molar refractivity (Wildman–Crippen MR) is 114 cm³/mol. The molecule has 3 N–H and O–H groups in total. The summed E-state index contributed by atoms with van der Waals surface area (Å²) in [7, 11) is -1.81. The first-order valence-corrected chi connectivity index (χ1v) is 11.6. The highest BCUT2D eigenvalue weighted by Crippen LogP contribution is 2.11. The molecule has 0 heterocycles. The van der Waals surface area contributed by atoms with Crippen LogP contribution in [0.2, 0.25) is 0 Å². The number of guanidine groups is 1. The van der Waals surface area contributed by atoms with Crippen molar-refractivity contribution in [1.29, 1.82) is 0 Å². The summed E-state index contributed by atoms with van der Waals surface area (Å²) in [5, 5.41) is 6.74. The molecule has 0 bridgehead atoms. The van der Waals surface area contributed by atoms with Crippen LogP contribution in [0.5, 0.6) is 0 Å². The molecule has 7 heteroatoms. The standard InChI is InChI=1S/C20H36N4O2S/c1-5-8-9-17(6-2)14-23-20(22-7-3)24-15-18-10-12-19(13-11-18)16-27(25,26)21-4/h10-13,17,21H,5-9,14-16H2,1-4H3,(H2,22,23,24). The van der Waals surface area contributed by atoms with E-state index >= 15 is 0 Å². The van der Waals surface area contributed by atoms with E-state index in [1.807, 2.05) is 24.3 Å². The predicted octanol–water partition coefficient (Wildman–Crippen LogP) is 3.01. The second kappa shape index (κ2) is 12.7. The first kappa shape index (κ1) is 23.4. The third kappa shape index (κ3) is 9.77. The van der Waals surface area contributed by atoms with Crippen molar-refractivity contribution in [1.82, 2.24) is 15.4 Å². The van der Waals surface area contributed by atoms with Gasteiger partial charge in [-0.15, -0.1) is 0 Å². The van der Waals surface area contributed by atoms with Crippen LogP contribution >= 0.6 is 0 Å². The topological polar surface area (TPSA) is 82.6 Å². The van der Waals surface area contributed by atoms with Gasteiger partial charge in [0.15, 0.2) is 5.96 Å². The molecule has 1 unspecified atom stereocenters. The van der Waals surface area contributed by atoms with E-state index in [4.69, 9.17) is 0 Å². The lowest BCUT2D eigenvalue weighted by molar-refractivity contribution is 0.443. The van der Waals surface area contributed by atoms with Crippen molar-refractivity contribution in [2.45, 2.75) is 58.8 Å². The maximum atomic E-state index is 11.6. The lowest BCUT2D eigenvalue weighted by Crippen LogP contribution is -2.39. The summed E-state index contributed by atoms with van der Waals surface area (Å²) in [6.45, 7) is 8.83. The Morgan fingerprint density at radius 2 is 1.74 bits per heavy atom. The lowest BCUT2D eigenvalue weighted by atomic mass is 9.99. The molecule has 0 fully saturated rings. The SMILES string of the molecule is CCCCC(CC)CNC(=NCc1ccc(CS(=O)(=O)NC)cc1)NCC. The van der Waals surface area contributed by atoms with Crippen molar-refractivity contribution in [2.75, 3.05) is 20.1 Å². The summed E-state index contributed by atoms with van der Waals surface area (Å²) in [6.07, 6.45) is 4.92. The van der Waals surface area contributed by atoms with Crippen molar-refractivity contribution in [3.8, 4) is 0 Å². The van der Waals surface area contributed by atoms with Crippen LogP contribution in [-0.4, -0.2) is 34.5 Å². The second-order valence-electron chi connectivity index (χ2n) is 6.77. The Morgan fingerprint density at radius 3 is 2.30 bits per heavy atom. The zero-order valence-electron chi connectivity index (χ0n) is 17.2. The van der Waals surface area contributed by atoms with Crippen molar-refractivity contribution in [2.24, 2.45) is 10.9 Å². The molecule has 1 aromatic carbocycles. The highest BCUT2D eigenvalue weighted by atomic mass is 32.2. The number of unbranched alkanes of at least 4 members (excludes halogenated alkanes) is 1. The maximum absolute atomic E-state index is 11.6.